The van der Waals surface area contributed by atoms with Gasteiger partial charge >= 0.3 is 0 Å². The summed E-state index contributed by atoms with van der Waals surface area (Å²) in [6, 6.07) is 10.7. The summed E-state index contributed by atoms with van der Waals surface area (Å²) in [5, 5.41) is -0.0137. The number of hydrogen-bond acceptors (Lipinski definition) is 1. The fourth-order valence-electron chi connectivity index (χ4n) is 1.92. The first-order valence-electron chi connectivity index (χ1n) is 5.92. The highest BCUT2D eigenvalue weighted by molar-refractivity contribution is 7.12. The molecular weight excluding hydrogens is 248 g/mol. The molecule has 2 rings (SSSR count). The van der Waals surface area contributed by atoms with Crippen molar-refractivity contribution in [3.63, 3.8) is 0 Å². The Kier molecular flexibility index (Phi) is 3.90. The molecular formula is C15H17ClS. The quantitative estimate of drug-likeness (QED) is 0.664. The second-order valence-electron chi connectivity index (χ2n) is 4.31. The van der Waals surface area contributed by atoms with Crippen molar-refractivity contribution in [3.05, 3.63) is 56.8 Å². The van der Waals surface area contributed by atoms with Crippen LogP contribution < -0.4 is 0 Å². The van der Waals surface area contributed by atoms with Crippen LogP contribution in [0.2, 0.25) is 0 Å². The number of benzene rings is 1. The molecule has 2 heteroatoms. The Balaban J connectivity index is 2.36. The molecule has 1 heterocycles. The van der Waals surface area contributed by atoms with Crippen molar-refractivity contribution in [1.29, 1.82) is 0 Å². The van der Waals surface area contributed by atoms with Gasteiger partial charge in [-0.25, -0.2) is 0 Å². The van der Waals surface area contributed by atoms with Gasteiger partial charge in [0.25, 0.3) is 0 Å². The smallest absolute Gasteiger partial charge is 0.0930 e. The largest absolute Gasteiger partial charge is 0.143 e. The first kappa shape index (κ1) is 12.7. The Hall–Kier alpha value is -0.790. The van der Waals surface area contributed by atoms with E-state index in [4.69, 9.17) is 11.6 Å². The second-order valence-corrected chi connectivity index (χ2v) is 5.95. The van der Waals surface area contributed by atoms with E-state index in [9.17, 15) is 0 Å². The standard InChI is InChI=1S/C15H17ClS/c1-4-12-8-9-14(17-12)15(16)13-7-5-6-10(2)11(13)3/h5-9,15H,4H2,1-3H3. The molecule has 0 aliphatic carbocycles. The molecule has 1 aromatic carbocycles. The molecule has 1 atom stereocenters. The highest BCUT2D eigenvalue weighted by Crippen LogP contribution is 2.36. The van der Waals surface area contributed by atoms with Gasteiger partial charge in [-0.3, -0.25) is 0 Å². The molecule has 2 aromatic rings. The first-order chi connectivity index (χ1) is 8.13. The minimum atomic E-state index is -0.0137. The highest BCUT2D eigenvalue weighted by atomic mass is 35.5. The van der Waals surface area contributed by atoms with Crippen LogP contribution in [0.3, 0.4) is 0 Å². The van der Waals surface area contributed by atoms with Gasteiger partial charge in [0.05, 0.1) is 5.38 Å². The zero-order chi connectivity index (χ0) is 12.4. The molecule has 0 N–H and O–H groups in total. The molecule has 0 nitrogen and oxygen atoms in total. The maximum Gasteiger partial charge on any atom is 0.0930 e. The number of halogens is 1. The Morgan fingerprint density at radius 3 is 2.59 bits per heavy atom. The Morgan fingerprint density at radius 1 is 1.18 bits per heavy atom. The summed E-state index contributed by atoms with van der Waals surface area (Å²) in [7, 11) is 0. The van der Waals surface area contributed by atoms with Crippen molar-refractivity contribution in [2.24, 2.45) is 0 Å². The number of hydrogen-bond donors (Lipinski definition) is 0. The Bertz CT molecular complexity index is 513. The first-order valence-corrected chi connectivity index (χ1v) is 7.17. The third kappa shape index (κ3) is 2.56. The molecule has 0 amide bonds. The van der Waals surface area contributed by atoms with Crippen LogP contribution in [0.25, 0.3) is 0 Å². The van der Waals surface area contributed by atoms with E-state index in [0.29, 0.717) is 0 Å². The third-order valence-corrected chi connectivity index (χ3v) is 5.09. The summed E-state index contributed by atoms with van der Waals surface area (Å²) in [5.74, 6) is 0. The van der Waals surface area contributed by atoms with Gasteiger partial charge in [0.2, 0.25) is 0 Å². The van der Waals surface area contributed by atoms with Crippen LogP contribution in [0.4, 0.5) is 0 Å². The van der Waals surface area contributed by atoms with E-state index in [-0.39, 0.29) is 5.38 Å². The molecule has 0 bridgehead atoms. The molecule has 0 aliphatic heterocycles. The maximum absolute atomic E-state index is 6.59. The monoisotopic (exact) mass is 264 g/mol. The average molecular weight is 265 g/mol. The maximum atomic E-state index is 6.59. The van der Waals surface area contributed by atoms with E-state index in [1.54, 1.807) is 0 Å². The van der Waals surface area contributed by atoms with Gasteiger partial charge < -0.3 is 0 Å². The molecule has 0 saturated carbocycles. The highest BCUT2D eigenvalue weighted by Gasteiger charge is 2.15. The minimum Gasteiger partial charge on any atom is -0.143 e. The fraction of sp³-hybridized carbons (Fsp3) is 0.333. The lowest BCUT2D eigenvalue weighted by Crippen LogP contribution is -1.95. The van der Waals surface area contributed by atoms with Crippen LogP contribution in [0.5, 0.6) is 0 Å². The van der Waals surface area contributed by atoms with Gasteiger partial charge in [0.1, 0.15) is 0 Å². The van der Waals surface area contributed by atoms with Gasteiger partial charge in [0, 0.05) is 9.75 Å². The van der Waals surface area contributed by atoms with Crippen LogP contribution in [0.1, 0.15) is 38.7 Å². The normalized spacial score (nSPS) is 12.7. The lowest BCUT2D eigenvalue weighted by Gasteiger charge is -2.13. The van der Waals surface area contributed by atoms with Crippen LogP contribution in [-0.2, 0) is 6.42 Å². The van der Waals surface area contributed by atoms with Crippen molar-refractivity contribution in [2.45, 2.75) is 32.6 Å². The van der Waals surface area contributed by atoms with Crippen LogP contribution in [0, 0.1) is 13.8 Å². The molecule has 0 radical (unpaired) electrons. The average Bonchev–Trinajstić information content (AvgIpc) is 2.80. The molecule has 90 valence electrons. The van der Waals surface area contributed by atoms with Crippen molar-refractivity contribution >= 4 is 22.9 Å². The van der Waals surface area contributed by atoms with E-state index >= 15 is 0 Å². The van der Waals surface area contributed by atoms with Gasteiger partial charge in [-0.15, -0.1) is 22.9 Å². The minimum absolute atomic E-state index is 0.0137. The summed E-state index contributed by atoms with van der Waals surface area (Å²) in [6.07, 6.45) is 1.08. The number of alkyl halides is 1. The topological polar surface area (TPSA) is 0 Å². The predicted octanol–water partition coefficient (Wildman–Crippen LogP) is 5.26. The van der Waals surface area contributed by atoms with Gasteiger partial charge in [0.15, 0.2) is 0 Å². The van der Waals surface area contributed by atoms with Crippen molar-refractivity contribution in [2.75, 3.05) is 0 Å². The Morgan fingerprint density at radius 2 is 1.94 bits per heavy atom. The molecule has 1 aromatic heterocycles. The molecule has 0 aliphatic rings. The third-order valence-electron chi connectivity index (χ3n) is 3.20. The molecule has 0 fully saturated rings. The van der Waals surface area contributed by atoms with Crippen molar-refractivity contribution in [3.8, 4) is 0 Å². The number of rotatable bonds is 3. The van der Waals surface area contributed by atoms with Crippen LogP contribution in [0.15, 0.2) is 30.3 Å². The second kappa shape index (κ2) is 5.24. The van der Waals surface area contributed by atoms with E-state index in [0.717, 1.165) is 6.42 Å². The van der Waals surface area contributed by atoms with E-state index in [2.05, 4.69) is 51.1 Å². The fourth-order valence-corrected chi connectivity index (χ4v) is 3.31. The molecule has 0 saturated heterocycles. The lowest BCUT2D eigenvalue weighted by atomic mass is 10.0. The van der Waals surface area contributed by atoms with Gasteiger partial charge in [-0.2, -0.15) is 0 Å². The summed E-state index contributed by atoms with van der Waals surface area (Å²) in [5.41, 5.74) is 3.84. The summed E-state index contributed by atoms with van der Waals surface area (Å²) < 4.78 is 0. The van der Waals surface area contributed by atoms with Crippen molar-refractivity contribution < 1.29 is 0 Å². The summed E-state index contributed by atoms with van der Waals surface area (Å²) in [6.45, 7) is 6.46. The Labute approximate surface area is 112 Å². The van der Waals surface area contributed by atoms with Gasteiger partial charge in [-0.1, -0.05) is 25.1 Å². The molecule has 17 heavy (non-hydrogen) atoms. The molecule has 1 unspecified atom stereocenters. The zero-order valence-electron chi connectivity index (χ0n) is 10.5. The molecule has 0 spiro atoms. The zero-order valence-corrected chi connectivity index (χ0v) is 12.0. The number of thiophene rings is 1. The van der Waals surface area contributed by atoms with Gasteiger partial charge in [-0.05, 0) is 49.1 Å². The van der Waals surface area contributed by atoms with Crippen molar-refractivity contribution in [1.82, 2.24) is 0 Å². The van der Waals surface area contributed by atoms with Crippen LogP contribution >= 0.6 is 22.9 Å². The summed E-state index contributed by atoms with van der Waals surface area (Å²) in [4.78, 5) is 2.65. The predicted molar refractivity (Wildman–Crippen MR) is 77.3 cm³/mol. The number of aryl methyl sites for hydroxylation is 2. The van der Waals surface area contributed by atoms with E-state index in [1.165, 1.54) is 26.4 Å². The summed E-state index contributed by atoms with van der Waals surface area (Å²) >= 11 is 8.41. The SMILES string of the molecule is CCc1ccc(C(Cl)c2cccc(C)c2C)s1. The van der Waals surface area contributed by atoms with E-state index < -0.39 is 0 Å². The van der Waals surface area contributed by atoms with Crippen LogP contribution in [-0.4, -0.2) is 0 Å². The van der Waals surface area contributed by atoms with E-state index in [1.807, 2.05) is 11.3 Å². The lowest BCUT2D eigenvalue weighted by molar-refractivity contribution is 1.13.